The van der Waals surface area contributed by atoms with Crippen molar-refractivity contribution < 1.29 is 9.53 Å². The van der Waals surface area contributed by atoms with Crippen molar-refractivity contribution >= 4 is 22.6 Å². The van der Waals surface area contributed by atoms with Crippen molar-refractivity contribution in [1.82, 2.24) is 24.8 Å². The van der Waals surface area contributed by atoms with Crippen LogP contribution < -0.4 is 15.5 Å². The van der Waals surface area contributed by atoms with Gasteiger partial charge in [0.1, 0.15) is 18.2 Å². The molecule has 0 atom stereocenters. The van der Waals surface area contributed by atoms with Gasteiger partial charge in [0.15, 0.2) is 0 Å². The second kappa shape index (κ2) is 10.0. The third kappa shape index (κ3) is 4.65. The van der Waals surface area contributed by atoms with Crippen molar-refractivity contribution in [2.24, 2.45) is 0 Å². The van der Waals surface area contributed by atoms with Crippen LogP contribution in [-0.4, -0.2) is 71.2 Å². The number of ether oxygens (including phenoxy) is 1. The Balaban J connectivity index is 1.04. The first-order chi connectivity index (χ1) is 17.7. The lowest BCUT2D eigenvalue weighted by atomic mass is 10.1. The second-order valence-electron chi connectivity index (χ2n) is 9.20. The van der Waals surface area contributed by atoms with Crippen LogP contribution in [0.5, 0.6) is 5.75 Å². The molecule has 8 heteroatoms. The molecule has 1 aromatic heterocycles. The van der Waals surface area contributed by atoms with Gasteiger partial charge in [0.2, 0.25) is 0 Å². The van der Waals surface area contributed by atoms with Crippen LogP contribution in [0.15, 0.2) is 72.8 Å². The largest absolute Gasteiger partial charge is 0.492 e. The first-order valence-electron chi connectivity index (χ1n) is 12.5. The lowest BCUT2D eigenvalue weighted by Gasteiger charge is -2.35. The highest BCUT2D eigenvalue weighted by molar-refractivity contribution is 6.06. The molecule has 0 saturated carbocycles. The molecule has 184 valence electrons. The fourth-order valence-electron chi connectivity index (χ4n) is 4.95. The number of hydrazine groups is 1. The highest BCUT2D eigenvalue weighted by Gasteiger charge is 2.22. The minimum absolute atomic E-state index is 0.0385. The zero-order valence-corrected chi connectivity index (χ0v) is 20.2. The Kier molecular flexibility index (Phi) is 6.27. The Labute approximate surface area is 210 Å². The van der Waals surface area contributed by atoms with Gasteiger partial charge in [-0.15, -0.1) is 0 Å². The van der Waals surface area contributed by atoms with Gasteiger partial charge >= 0.3 is 0 Å². The summed E-state index contributed by atoms with van der Waals surface area (Å²) in [7, 11) is 0. The van der Waals surface area contributed by atoms with Gasteiger partial charge in [-0.2, -0.15) is 0 Å². The minimum atomic E-state index is -0.0385. The lowest BCUT2D eigenvalue weighted by molar-refractivity contribution is 0.0956. The van der Waals surface area contributed by atoms with Crippen LogP contribution in [0.4, 0.5) is 5.69 Å². The molecule has 4 aromatic rings. The highest BCUT2D eigenvalue weighted by atomic mass is 16.5. The summed E-state index contributed by atoms with van der Waals surface area (Å²) in [6.45, 7) is 6.82. The Morgan fingerprint density at radius 1 is 0.889 bits per heavy atom. The fourth-order valence-corrected chi connectivity index (χ4v) is 4.95. The smallest absolute Gasteiger partial charge is 0.253 e. The van der Waals surface area contributed by atoms with E-state index < -0.39 is 0 Å². The molecular formula is C28H30N6O2. The maximum absolute atomic E-state index is 12.4. The first kappa shape index (κ1) is 22.6. The molecule has 0 aliphatic carbocycles. The van der Waals surface area contributed by atoms with Crippen molar-refractivity contribution in [2.75, 3.05) is 51.3 Å². The molecule has 1 fully saturated rings. The molecule has 0 spiro atoms. The maximum atomic E-state index is 12.4. The van der Waals surface area contributed by atoms with E-state index in [0.29, 0.717) is 25.3 Å². The molecule has 2 aliphatic heterocycles. The van der Waals surface area contributed by atoms with Gasteiger partial charge in [-0.1, -0.05) is 24.3 Å². The molecule has 1 amide bonds. The van der Waals surface area contributed by atoms with Crippen molar-refractivity contribution in [1.29, 1.82) is 0 Å². The maximum Gasteiger partial charge on any atom is 0.253 e. The number of imidazole rings is 1. The van der Waals surface area contributed by atoms with Crippen LogP contribution in [-0.2, 0) is 6.54 Å². The van der Waals surface area contributed by atoms with E-state index in [2.05, 4.69) is 37.4 Å². The van der Waals surface area contributed by atoms with Crippen molar-refractivity contribution in [2.45, 2.75) is 6.54 Å². The number of para-hydroxylation sites is 2. The average Bonchev–Trinajstić information content (AvgIpc) is 3.20. The Morgan fingerprint density at radius 3 is 2.50 bits per heavy atom. The predicted octanol–water partition coefficient (Wildman–Crippen LogP) is 3.47. The van der Waals surface area contributed by atoms with Gasteiger partial charge < -0.3 is 20.0 Å². The number of hydrogen-bond donors (Lipinski definition) is 2. The Morgan fingerprint density at radius 2 is 1.69 bits per heavy atom. The number of benzene rings is 3. The summed E-state index contributed by atoms with van der Waals surface area (Å²) in [5.41, 5.74) is 8.06. The molecule has 3 heterocycles. The van der Waals surface area contributed by atoms with Gasteiger partial charge in [0, 0.05) is 57.1 Å². The van der Waals surface area contributed by atoms with Crippen LogP contribution >= 0.6 is 0 Å². The summed E-state index contributed by atoms with van der Waals surface area (Å²) in [4.78, 5) is 19.7. The summed E-state index contributed by atoms with van der Waals surface area (Å²) in [6, 6.07) is 24.1. The number of carbonyl (C=O) groups excluding carboxylic acids is 1. The topological polar surface area (TPSA) is 74.7 Å². The number of hydrogen-bond acceptors (Lipinski definition) is 6. The van der Waals surface area contributed by atoms with E-state index in [9.17, 15) is 4.79 Å². The van der Waals surface area contributed by atoms with Crippen LogP contribution in [0, 0.1) is 0 Å². The Hall–Kier alpha value is -3.88. The summed E-state index contributed by atoms with van der Waals surface area (Å²) in [6.07, 6.45) is 0. The van der Waals surface area contributed by atoms with Gasteiger partial charge in [0.05, 0.1) is 16.6 Å². The monoisotopic (exact) mass is 482 g/mol. The zero-order chi connectivity index (χ0) is 24.3. The van der Waals surface area contributed by atoms with E-state index in [1.54, 1.807) is 0 Å². The molecule has 8 nitrogen and oxygen atoms in total. The number of amides is 1. The van der Waals surface area contributed by atoms with Crippen molar-refractivity contribution in [3.05, 3.63) is 78.4 Å². The quantitative estimate of drug-likeness (QED) is 0.420. The average molecular weight is 483 g/mol. The summed E-state index contributed by atoms with van der Waals surface area (Å²) < 4.78 is 8.19. The van der Waals surface area contributed by atoms with E-state index in [4.69, 9.17) is 9.72 Å². The second-order valence-corrected chi connectivity index (χ2v) is 9.20. The predicted molar refractivity (Wildman–Crippen MR) is 141 cm³/mol. The number of nitrogens with one attached hydrogen (secondary N) is 2. The normalized spacial score (nSPS) is 16.5. The third-order valence-corrected chi connectivity index (χ3v) is 6.85. The van der Waals surface area contributed by atoms with Crippen molar-refractivity contribution in [3.8, 4) is 17.1 Å². The number of aromatic nitrogens is 2. The number of nitrogens with zero attached hydrogens (tertiary/aromatic N) is 4. The molecular weight excluding hydrogens is 452 g/mol. The Bertz CT molecular complexity index is 1340. The number of anilines is 1. The van der Waals surface area contributed by atoms with E-state index >= 15 is 0 Å². The molecule has 36 heavy (non-hydrogen) atoms. The van der Waals surface area contributed by atoms with E-state index in [1.807, 2.05) is 60.7 Å². The first-order valence-corrected chi connectivity index (χ1v) is 12.5. The number of carbonyl (C=O) groups is 1. The van der Waals surface area contributed by atoms with E-state index in [-0.39, 0.29) is 5.91 Å². The SMILES string of the molecule is O=C1NCCn2c(-c3ccc(OCCN4CCN(Nc5ccccc5)CC4)cc3)nc3cccc1c32. The third-order valence-electron chi connectivity index (χ3n) is 6.85. The summed E-state index contributed by atoms with van der Waals surface area (Å²) in [5.74, 6) is 1.69. The standard InChI is InChI=1S/C28H30N6O2/c35-28-24-7-4-8-25-26(24)34(14-13-29-28)27(30-25)21-9-11-23(12-10-21)36-20-19-32-15-17-33(18-16-32)31-22-5-2-1-3-6-22/h1-12,31H,13-20H2,(H,29,35). The van der Waals surface area contributed by atoms with E-state index in [0.717, 1.165) is 66.6 Å². The van der Waals surface area contributed by atoms with Crippen LogP contribution in [0.25, 0.3) is 22.4 Å². The van der Waals surface area contributed by atoms with Crippen LogP contribution in [0.2, 0.25) is 0 Å². The number of piperazine rings is 1. The van der Waals surface area contributed by atoms with Gasteiger partial charge in [0.25, 0.3) is 5.91 Å². The zero-order valence-electron chi connectivity index (χ0n) is 20.2. The molecule has 3 aromatic carbocycles. The fraction of sp³-hybridized carbons (Fsp3) is 0.286. The molecule has 2 aliphatic rings. The van der Waals surface area contributed by atoms with Gasteiger partial charge in [-0.05, 0) is 48.5 Å². The summed E-state index contributed by atoms with van der Waals surface area (Å²) in [5, 5.41) is 5.24. The summed E-state index contributed by atoms with van der Waals surface area (Å²) >= 11 is 0. The number of rotatable bonds is 7. The van der Waals surface area contributed by atoms with Crippen LogP contribution in [0.1, 0.15) is 10.4 Å². The van der Waals surface area contributed by atoms with Crippen molar-refractivity contribution in [3.63, 3.8) is 0 Å². The van der Waals surface area contributed by atoms with Gasteiger partial charge in [-0.3, -0.25) is 9.69 Å². The molecule has 0 bridgehead atoms. The molecule has 0 unspecified atom stereocenters. The lowest BCUT2D eigenvalue weighted by Crippen LogP contribution is -2.49. The molecule has 2 N–H and O–H groups in total. The minimum Gasteiger partial charge on any atom is -0.492 e. The molecule has 0 radical (unpaired) electrons. The van der Waals surface area contributed by atoms with Crippen LogP contribution in [0.3, 0.4) is 0 Å². The van der Waals surface area contributed by atoms with E-state index in [1.165, 1.54) is 0 Å². The van der Waals surface area contributed by atoms with Gasteiger partial charge in [-0.25, -0.2) is 9.99 Å². The molecule has 6 rings (SSSR count). The highest BCUT2D eigenvalue weighted by Crippen LogP contribution is 2.29. The molecule has 1 saturated heterocycles.